The molecule has 2 aliphatic rings. The fraction of sp³-hybridized carbons (Fsp3) is 0.421. The van der Waals surface area contributed by atoms with Crippen LogP contribution in [0.5, 0.6) is 0 Å². The van der Waals surface area contributed by atoms with Crippen molar-refractivity contribution in [2.75, 3.05) is 24.5 Å². The number of likely N-dealkylation sites (tertiary alicyclic amines) is 1. The zero-order valence-corrected chi connectivity index (χ0v) is 15.2. The maximum absolute atomic E-state index is 14.5. The van der Waals surface area contributed by atoms with Crippen molar-refractivity contribution in [3.05, 3.63) is 47.5 Å². The molecule has 1 aromatic carbocycles. The topological polar surface area (TPSA) is 70.5 Å². The van der Waals surface area contributed by atoms with Gasteiger partial charge >= 0.3 is 6.03 Å². The van der Waals surface area contributed by atoms with E-state index < -0.39 is 5.82 Å². The minimum Gasteiger partial charge on any atom is -0.336 e. The van der Waals surface area contributed by atoms with Crippen molar-refractivity contribution in [3.63, 3.8) is 0 Å². The lowest BCUT2D eigenvalue weighted by Gasteiger charge is -2.36. The van der Waals surface area contributed by atoms with Gasteiger partial charge in [0.05, 0.1) is 17.3 Å². The van der Waals surface area contributed by atoms with Crippen LogP contribution >= 0.6 is 0 Å². The molecule has 0 bridgehead atoms. The molecule has 3 amide bonds. The molecule has 4 rings (SSSR count). The van der Waals surface area contributed by atoms with Crippen LogP contribution in [0, 0.1) is 5.82 Å². The number of aromatic nitrogens is 2. The van der Waals surface area contributed by atoms with Gasteiger partial charge in [0, 0.05) is 38.6 Å². The lowest BCUT2D eigenvalue weighted by Crippen LogP contribution is -2.39. The summed E-state index contributed by atoms with van der Waals surface area (Å²) in [6, 6.07) is 5.82. The molecular formula is C19H22FN5O2. The molecule has 2 saturated heterocycles. The van der Waals surface area contributed by atoms with E-state index in [0.29, 0.717) is 25.3 Å². The SMILES string of the molecule is Cn1nccc1C1CCCCN1C(=O)c1cc(N2CCNC2=O)ccc1F. The first kappa shape index (κ1) is 17.5. The van der Waals surface area contributed by atoms with Gasteiger partial charge < -0.3 is 10.2 Å². The van der Waals surface area contributed by atoms with Crippen molar-refractivity contribution < 1.29 is 14.0 Å². The summed E-state index contributed by atoms with van der Waals surface area (Å²) in [5.74, 6) is -0.919. The molecule has 1 unspecified atom stereocenters. The maximum atomic E-state index is 14.5. The van der Waals surface area contributed by atoms with Gasteiger partial charge in [-0.05, 0) is 43.5 Å². The molecule has 0 saturated carbocycles. The average molecular weight is 371 g/mol. The van der Waals surface area contributed by atoms with Gasteiger partial charge in [-0.3, -0.25) is 14.4 Å². The van der Waals surface area contributed by atoms with Gasteiger partial charge in [0.1, 0.15) is 5.82 Å². The third kappa shape index (κ3) is 3.15. The molecule has 8 heteroatoms. The monoisotopic (exact) mass is 371 g/mol. The minimum absolute atomic E-state index is 0.00117. The number of benzene rings is 1. The summed E-state index contributed by atoms with van der Waals surface area (Å²) < 4.78 is 16.3. The Morgan fingerprint density at radius 1 is 1.26 bits per heavy atom. The summed E-state index contributed by atoms with van der Waals surface area (Å²) in [6.07, 6.45) is 4.42. The highest BCUT2D eigenvalue weighted by Crippen LogP contribution is 2.33. The molecule has 1 atom stereocenters. The number of nitrogens with one attached hydrogen (secondary N) is 1. The van der Waals surface area contributed by atoms with E-state index in [-0.39, 0.29) is 23.5 Å². The van der Waals surface area contributed by atoms with Crippen LogP contribution in [-0.4, -0.2) is 46.3 Å². The molecule has 0 aliphatic carbocycles. The zero-order valence-electron chi connectivity index (χ0n) is 15.2. The first-order chi connectivity index (χ1) is 13.1. The van der Waals surface area contributed by atoms with Crippen LogP contribution in [0.15, 0.2) is 30.5 Å². The van der Waals surface area contributed by atoms with Gasteiger partial charge in [-0.2, -0.15) is 5.10 Å². The first-order valence-electron chi connectivity index (χ1n) is 9.20. The molecule has 1 N–H and O–H groups in total. The molecule has 2 fully saturated rings. The van der Waals surface area contributed by atoms with Crippen molar-refractivity contribution in [1.82, 2.24) is 20.0 Å². The highest BCUT2D eigenvalue weighted by atomic mass is 19.1. The van der Waals surface area contributed by atoms with E-state index in [0.717, 1.165) is 25.0 Å². The lowest BCUT2D eigenvalue weighted by atomic mass is 9.97. The molecule has 142 valence electrons. The van der Waals surface area contributed by atoms with Gasteiger partial charge in [-0.1, -0.05) is 0 Å². The molecule has 27 heavy (non-hydrogen) atoms. The molecular weight excluding hydrogens is 349 g/mol. The predicted octanol–water partition coefficient (Wildman–Crippen LogP) is 2.46. The maximum Gasteiger partial charge on any atom is 0.321 e. The number of amides is 3. The van der Waals surface area contributed by atoms with E-state index >= 15 is 0 Å². The van der Waals surface area contributed by atoms with E-state index in [9.17, 15) is 14.0 Å². The Labute approximate surface area is 156 Å². The molecule has 0 spiro atoms. The number of rotatable bonds is 3. The summed E-state index contributed by atoms with van der Waals surface area (Å²) in [5.41, 5.74) is 1.48. The predicted molar refractivity (Wildman–Crippen MR) is 98.0 cm³/mol. The van der Waals surface area contributed by atoms with E-state index in [2.05, 4.69) is 10.4 Å². The molecule has 2 aliphatic heterocycles. The summed E-state index contributed by atoms with van der Waals surface area (Å²) in [5, 5.41) is 6.92. The quantitative estimate of drug-likeness (QED) is 0.901. The number of urea groups is 1. The zero-order chi connectivity index (χ0) is 19.0. The third-order valence-electron chi connectivity index (χ3n) is 5.31. The molecule has 0 radical (unpaired) electrons. The number of carbonyl (C=O) groups is 2. The number of hydrogen-bond acceptors (Lipinski definition) is 3. The van der Waals surface area contributed by atoms with Gasteiger partial charge in [0.15, 0.2) is 0 Å². The highest BCUT2D eigenvalue weighted by Gasteiger charge is 2.32. The Bertz CT molecular complexity index is 881. The van der Waals surface area contributed by atoms with E-state index in [1.807, 2.05) is 13.1 Å². The van der Waals surface area contributed by atoms with Crippen LogP contribution in [0.3, 0.4) is 0 Å². The second-order valence-electron chi connectivity index (χ2n) is 6.94. The standard InChI is InChI=1S/C19H22FN5O2/c1-23-16(7-8-22-23)17-4-2-3-10-25(17)18(26)14-12-13(5-6-15(14)20)24-11-9-21-19(24)27/h5-8,12,17H,2-4,9-11H2,1H3,(H,21,27). The number of piperidine rings is 1. The third-order valence-corrected chi connectivity index (χ3v) is 5.31. The summed E-state index contributed by atoms with van der Waals surface area (Å²) in [6.45, 7) is 1.61. The molecule has 2 aromatic rings. The van der Waals surface area contributed by atoms with Gasteiger partial charge in [0.25, 0.3) is 5.91 Å². The van der Waals surface area contributed by atoms with Crippen LogP contribution in [0.4, 0.5) is 14.9 Å². The van der Waals surface area contributed by atoms with Crippen LogP contribution < -0.4 is 10.2 Å². The van der Waals surface area contributed by atoms with Crippen molar-refractivity contribution in [2.45, 2.75) is 25.3 Å². The van der Waals surface area contributed by atoms with Crippen molar-refractivity contribution in [1.29, 1.82) is 0 Å². The lowest BCUT2D eigenvalue weighted by molar-refractivity contribution is 0.0596. The fourth-order valence-corrected chi connectivity index (χ4v) is 3.91. The Morgan fingerprint density at radius 2 is 2.11 bits per heavy atom. The van der Waals surface area contributed by atoms with Crippen molar-refractivity contribution >= 4 is 17.6 Å². The van der Waals surface area contributed by atoms with Crippen molar-refractivity contribution in [3.8, 4) is 0 Å². The fourth-order valence-electron chi connectivity index (χ4n) is 3.91. The van der Waals surface area contributed by atoms with E-state index in [4.69, 9.17) is 0 Å². The van der Waals surface area contributed by atoms with Crippen LogP contribution in [0.1, 0.15) is 41.4 Å². The van der Waals surface area contributed by atoms with E-state index in [1.54, 1.807) is 15.8 Å². The normalized spacial score (nSPS) is 20.1. The molecule has 1 aromatic heterocycles. The smallest absolute Gasteiger partial charge is 0.321 e. The average Bonchev–Trinajstić information content (AvgIpc) is 3.30. The number of halogens is 1. The summed E-state index contributed by atoms with van der Waals surface area (Å²) in [7, 11) is 1.85. The van der Waals surface area contributed by atoms with Gasteiger partial charge in [-0.15, -0.1) is 0 Å². The second-order valence-corrected chi connectivity index (χ2v) is 6.94. The molecule has 7 nitrogen and oxygen atoms in total. The largest absolute Gasteiger partial charge is 0.336 e. The van der Waals surface area contributed by atoms with E-state index in [1.165, 1.54) is 23.1 Å². The Morgan fingerprint density at radius 3 is 2.81 bits per heavy atom. The Balaban J connectivity index is 1.66. The van der Waals surface area contributed by atoms with Gasteiger partial charge in [0.2, 0.25) is 0 Å². The highest BCUT2D eigenvalue weighted by molar-refractivity contribution is 5.98. The number of anilines is 1. The number of hydrogen-bond donors (Lipinski definition) is 1. The van der Waals surface area contributed by atoms with Crippen LogP contribution in [-0.2, 0) is 7.05 Å². The Kier molecular flexibility index (Phi) is 4.55. The van der Waals surface area contributed by atoms with Crippen molar-refractivity contribution in [2.24, 2.45) is 7.05 Å². The second kappa shape index (κ2) is 7.02. The first-order valence-corrected chi connectivity index (χ1v) is 9.20. The Hall–Kier alpha value is -2.90. The van der Waals surface area contributed by atoms with Crippen LogP contribution in [0.2, 0.25) is 0 Å². The van der Waals surface area contributed by atoms with Gasteiger partial charge in [-0.25, -0.2) is 9.18 Å². The molecule has 3 heterocycles. The summed E-state index contributed by atoms with van der Waals surface area (Å²) in [4.78, 5) is 28.4. The summed E-state index contributed by atoms with van der Waals surface area (Å²) >= 11 is 0. The van der Waals surface area contributed by atoms with Crippen LogP contribution in [0.25, 0.3) is 0 Å². The number of nitrogens with zero attached hydrogens (tertiary/aromatic N) is 4. The number of aryl methyl sites for hydroxylation is 1. The minimum atomic E-state index is -0.572. The number of carbonyl (C=O) groups excluding carboxylic acids is 2.